The molecule has 0 radical (unpaired) electrons. The number of hydrogen-bond donors (Lipinski definition) is 2. The van der Waals surface area contributed by atoms with Crippen molar-refractivity contribution >= 4 is 33.5 Å². The molecule has 0 spiro atoms. The van der Waals surface area contributed by atoms with Crippen molar-refractivity contribution in [3.8, 4) is 0 Å². The zero-order valence-electron chi connectivity index (χ0n) is 10.9. The highest BCUT2D eigenvalue weighted by molar-refractivity contribution is 9.10. The molecule has 0 fully saturated rings. The number of nitro groups is 1. The van der Waals surface area contributed by atoms with E-state index in [1.54, 1.807) is 6.92 Å². The predicted molar refractivity (Wildman–Crippen MR) is 74.6 cm³/mol. The maximum absolute atomic E-state index is 13.4. The van der Waals surface area contributed by atoms with Crippen molar-refractivity contribution in [2.75, 3.05) is 0 Å². The number of carboxylic acid groups (broad SMARTS) is 1. The highest BCUT2D eigenvalue weighted by Gasteiger charge is 2.25. The van der Waals surface area contributed by atoms with Gasteiger partial charge in [0.2, 0.25) is 0 Å². The lowest BCUT2D eigenvalue weighted by Gasteiger charge is -2.14. The Bertz CT molecular complexity index is 593. The van der Waals surface area contributed by atoms with E-state index < -0.39 is 34.3 Å². The minimum Gasteiger partial charge on any atom is -0.480 e. The Morgan fingerprint density at radius 2 is 2.14 bits per heavy atom. The summed E-state index contributed by atoms with van der Waals surface area (Å²) in [5, 5.41) is 21.9. The van der Waals surface area contributed by atoms with Crippen molar-refractivity contribution in [2.45, 2.75) is 25.8 Å². The first-order valence-corrected chi connectivity index (χ1v) is 6.74. The lowest BCUT2D eigenvalue weighted by atomic mass is 10.1. The van der Waals surface area contributed by atoms with Crippen LogP contribution in [0, 0.1) is 15.9 Å². The first-order chi connectivity index (χ1) is 9.77. The number of carbonyl (C=O) groups is 2. The van der Waals surface area contributed by atoms with Gasteiger partial charge in [-0.2, -0.15) is 0 Å². The SMILES string of the molecule is CCCC(NC(=O)c1cc(F)cc([N+](=O)[O-])c1Br)C(=O)O. The molecule has 0 saturated heterocycles. The number of aliphatic carboxylic acids is 1. The van der Waals surface area contributed by atoms with Crippen LogP contribution in [0.15, 0.2) is 16.6 Å². The zero-order valence-corrected chi connectivity index (χ0v) is 12.5. The number of nitrogens with one attached hydrogen (secondary N) is 1. The van der Waals surface area contributed by atoms with E-state index in [2.05, 4.69) is 21.2 Å². The molecule has 0 heterocycles. The fraction of sp³-hybridized carbons (Fsp3) is 0.333. The van der Waals surface area contributed by atoms with Gasteiger partial charge < -0.3 is 10.4 Å². The Balaban J connectivity index is 3.12. The Kier molecular flexibility index (Phi) is 5.77. The van der Waals surface area contributed by atoms with Gasteiger partial charge in [0.15, 0.2) is 0 Å². The lowest BCUT2D eigenvalue weighted by Crippen LogP contribution is -2.40. The van der Waals surface area contributed by atoms with Gasteiger partial charge in [0, 0.05) is 0 Å². The molecule has 114 valence electrons. The second-order valence-electron chi connectivity index (χ2n) is 4.20. The molecule has 1 amide bonds. The third-order valence-electron chi connectivity index (χ3n) is 2.64. The molecular weight excluding hydrogens is 351 g/mol. The second kappa shape index (κ2) is 7.11. The van der Waals surface area contributed by atoms with Crippen molar-refractivity contribution in [2.24, 2.45) is 0 Å². The highest BCUT2D eigenvalue weighted by atomic mass is 79.9. The van der Waals surface area contributed by atoms with E-state index in [4.69, 9.17) is 5.11 Å². The number of amides is 1. The number of carboxylic acids is 1. The van der Waals surface area contributed by atoms with Crippen LogP contribution in [0.2, 0.25) is 0 Å². The van der Waals surface area contributed by atoms with Crippen LogP contribution in [0.1, 0.15) is 30.1 Å². The average molecular weight is 363 g/mol. The molecule has 0 saturated carbocycles. The van der Waals surface area contributed by atoms with Crippen molar-refractivity contribution in [1.82, 2.24) is 5.32 Å². The monoisotopic (exact) mass is 362 g/mol. The summed E-state index contributed by atoms with van der Waals surface area (Å²) in [5.41, 5.74) is -0.938. The van der Waals surface area contributed by atoms with Gasteiger partial charge in [0.25, 0.3) is 11.6 Å². The van der Waals surface area contributed by atoms with E-state index in [9.17, 15) is 24.1 Å². The summed E-state index contributed by atoms with van der Waals surface area (Å²) in [7, 11) is 0. The maximum atomic E-state index is 13.4. The molecule has 9 heteroatoms. The number of nitrogens with zero attached hydrogens (tertiary/aromatic N) is 1. The van der Waals surface area contributed by atoms with Crippen LogP contribution in [-0.2, 0) is 4.79 Å². The molecule has 1 rings (SSSR count). The third-order valence-corrected chi connectivity index (χ3v) is 3.47. The molecule has 0 aliphatic rings. The fourth-order valence-corrected chi connectivity index (χ4v) is 2.21. The quantitative estimate of drug-likeness (QED) is 0.596. The summed E-state index contributed by atoms with van der Waals surface area (Å²) in [5.74, 6) is -3.09. The van der Waals surface area contributed by atoms with Crippen LogP contribution in [0.5, 0.6) is 0 Å². The van der Waals surface area contributed by atoms with Gasteiger partial charge in [-0.3, -0.25) is 14.9 Å². The van der Waals surface area contributed by atoms with Crippen LogP contribution in [0.3, 0.4) is 0 Å². The van der Waals surface area contributed by atoms with Gasteiger partial charge in [0.05, 0.1) is 16.6 Å². The molecule has 2 N–H and O–H groups in total. The predicted octanol–water partition coefficient (Wildman–Crippen LogP) is 2.48. The molecule has 0 aromatic heterocycles. The smallest absolute Gasteiger partial charge is 0.326 e. The molecule has 1 aromatic rings. The highest BCUT2D eigenvalue weighted by Crippen LogP contribution is 2.29. The largest absolute Gasteiger partial charge is 0.480 e. The number of benzene rings is 1. The Hall–Kier alpha value is -2.03. The molecule has 0 aliphatic carbocycles. The Morgan fingerprint density at radius 3 is 2.62 bits per heavy atom. The molecule has 0 bridgehead atoms. The van der Waals surface area contributed by atoms with Crippen LogP contribution in [0.25, 0.3) is 0 Å². The van der Waals surface area contributed by atoms with Crippen molar-refractivity contribution in [3.05, 3.63) is 38.1 Å². The Morgan fingerprint density at radius 1 is 1.52 bits per heavy atom. The summed E-state index contributed by atoms with van der Waals surface area (Å²) >= 11 is 2.87. The van der Waals surface area contributed by atoms with E-state index in [1.807, 2.05) is 0 Å². The van der Waals surface area contributed by atoms with Crippen LogP contribution >= 0.6 is 15.9 Å². The van der Waals surface area contributed by atoms with Crippen LogP contribution < -0.4 is 5.32 Å². The van der Waals surface area contributed by atoms with E-state index in [0.29, 0.717) is 12.5 Å². The summed E-state index contributed by atoms with van der Waals surface area (Å²) in [6.07, 6.45) is 0.706. The first kappa shape index (κ1) is 17.0. The van der Waals surface area contributed by atoms with Crippen LogP contribution in [-0.4, -0.2) is 27.9 Å². The standard InChI is InChI=1S/C12H12BrFN2O5/c1-2-3-8(12(18)19)15-11(17)7-4-6(14)5-9(10(7)13)16(20)21/h4-5,8H,2-3H2,1H3,(H,15,17)(H,18,19). The van der Waals surface area contributed by atoms with Crippen molar-refractivity contribution in [3.63, 3.8) is 0 Å². The van der Waals surface area contributed by atoms with Gasteiger partial charge in [-0.05, 0) is 28.4 Å². The van der Waals surface area contributed by atoms with Gasteiger partial charge in [0.1, 0.15) is 16.3 Å². The number of rotatable bonds is 6. The van der Waals surface area contributed by atoms with E-state index in [1.165, 1.54) is 0 Å². The zero-order chi connectivity index (χ0) is 16.2. The molecule has 7 nitrogen and oxygen atoms in total. The average Bonchev–Trinajstić information content (AvgIpc) is 2.39. The second-order valence-corrected chi connectivity index (χ2v) is 4.99. The first-order valence-electron chi connectivity index (χ1n) is 5.95. The van der Waals surface area contributed by atoms with Gasteiger partial charge in [-0.15, -0.1) is 0 Å². The molecule has 1 unspecified atom stereocenters. The molecule has 0 aliphatic heterocycles. The molecular formula is C12H12BrFN2O5. The lowest BCUT2D eigenvalue weighted by molar-refractivity contribution is -0.385. The van der Waals surface area contributed by atoms with E-state index in [-0.39, 0.29) is 16.5 Å². The van der Waals surface area contributed by atoms with Crippen molar-refractivity contribution in [1.29, 1.82) is 0 Å². The summed E-state index contributed by atoms with van der Waals surface area (Å²) in [6, 6.07) is 0.329. The van der Waals surface area contributed by atoms with Crippen molar-refractivity contribution < 1.29 is 24.0 Å². The number of nitro benzene ring substituents is 1. The van der Waals surface area contributed by atoms with E-state index >= 15 is 0 Å². The topological polar surface area (TPSA) is 110 Å². The van der Waals surface area contributed by atoms with Gasteiger partial charge in [-0.1, -0.05) is 13.3 Å². The molecule has 21 heavy (non-hydrogen) atoms. The third kappa shape index (κ3) is 4.22. The minimum absolute atomic E-state index is 0.191. The normalized spacial score (nSPS) is 11.8. The molecule has 1 aromatic carbocycles. The Labute approximate surface area is 127 Å². The van der Waals surface area contributed by atoms with Gasteiger partial charge in [-0.25, -0.2) is 9.18 Å². The number of hydrogen-bond acceptors (Lipinski definition) is 4. The van der Waals surface area contributed by atoms with Crippen LogP contribution in [0.4, 0.5) is 10.1 Å². The number of carbonyl (C=O) groups excluding carboxylic acids is 1. The van der Waals surface area contributed by atoms with E-state index in [0.717, 1.165) is 6.07 Å². The minimum atomic E-state index is -1.23. The number of halogens is 2. The summed E-state index contributed by atoms with van der Waals surface area (Å²) in [6.45, 7) is 1.74. The van der Waals surface area contributed by atoms with Gasteiger partial charge >= 0.3 is 5.97 Å². The summed E-state index contributed by atoms with van der Waals surface area (Å²) in [4.78, 5) is 32.9. The maximum Gasteiger partial charge on any atom is 0.326 e. The fourth-order valence-electron chi connectivity index (χ4n) is 1.65. The molecule has 1 atom stereocenters. The summed E-state index contributed by atoms with van der Waals surface area (Å²) < 4.78 is 13.1.